The van der Waals surface area contributed by atoms with Gasteiger partial charge in [-0.25, -0.2) is 0 Å². The lowest BCUT2D eigenvalue weighted by Crippen LogP contribution is -2.28. The van der Waals surface area contributed by atoms with Crippen LogP contribution in [0.4, 0.5) is 11.4 Å². The van der Waals surface area contributed by atoms with Gasteiger partial charge in [-0.1, -0.05) is 18.2 Å². The zero-order chi connectivity index (χ0) is 14.4. The number of carbonyl (C=O) groups is 1. The van der Waals surface area contributed by atoms with Gasteiger partial charge in [-0.3, -0.25) is 9.78 Å². The standard InChI is InChI=1S/C16H13N3OS/c17-14-11-5-7-18-9-13(11)21-15(14)16(20)19-8-6-10-3-1-2-4-12(10)19/h1-5,7,9H,6,8,17H2. The average molecular weight is 295 g/mol. The molecule has 0 aliphatic carbocycles. The van der Waals surface area contributed by atoms with Gasteiger partial charge in [-0.15, -0.1) is 11.3 Å². The molecule has 0 saturated carbocycles. The fourth-order valence-electron chi connectivity index (χ4n) is 2.80. The van der Waals surface area contributed by atoms with Gasteiger partial charge in [0, 0.05) is 30.0 Å². The second-order valence-electron chi connectivity index (χ2n) is 5.05. The number of para-hydroxylation sites is 1. The second-order valence-corrected chi connectivity index (χ2v) is 6.10. The van der Waals surface area contributed by atoms with Crippen molar-refractivity contribution in [3.8, 4) is 0 Å². The Kier molecular flexibility index (Phi) is 2.68. The molecule has 0 radical (unpaired) electrons. The summed E-state index contributed by atoms with van der Waals surface area (Å²) in [6.45, 7) is 0.712. The van der Waals surface area contributed by atoms with Crippen molar-refractivity contribution in [2.45, 2.75) is 6.42 Å². The van der Waals surface area contributed by atoms with Gasteiger partial charge in [0.05, 0.1) is 10.4 Å². The van der Waals surface area contributed by atoms with Crippen LogP contribution in [-0.4, -0.2) is 17.4 Å². The molecule has 4 rings (SSSR count). The van der Waals surface area contributed by atoms with E-state index in [0.717, 1.165) is 22.2 Å². The quantitative estimate of drug-likeness (QED) is 0.750. The van der Waals surface area contributed by atoms with Crippen LogP contribution in [0.5, 0.6) is 0 Å². The highest BCUT2D eigenvalue weighted by Gasteiger charge is 2.28. The Labute approximate surface area is 125 Å². The number of nitrogen functional groups attached to an aromatic ring is 1. The van der Waals surface area contributed by atoms with Crippen molar-refractivity contribution in [2.75, 3.05) is 17.2 Å². The number of benzene rings is 1. The Bertz CT molecular complexity index is 856. The van der Waals surface area contributed by atoms with E-state index in [0.29, 0.717) is 17.1 Å². The van der Waals surface area contributed by atoms with Crippen LogP contribution in [-0.2, 0) is 6.42 Å². The molecular weight excluding hydrogens is 282 g/mol. The summed E-state index contributed by atoms with van der Waals surface area (Å²) in [5, 5.41) is 0.908. The molecule has 1 aromatic carbocycles. The van der Waals surface area contributed by atoms with Gasteiger partial charge in [0.2, 0.25) is 0 Å². The maximum atomic E-state index is 12.8. The number of fused-ring (bicyclic) bond motifs is 2. The summed E-state index contributed by atoms with van der Waals surface area (Å²) in [7, 11) is 0. The Morgan fingerprint density at radius 3 is 3.00 bits per heavy atom. The third-order valence-electron chi connectivity index (χ3n) is 3.86. The van der Waals surface area contributed by atoms with E-state index in [1.54, 1.807) is 12.4 Å². The number of hydrogen-bond acceptors (Lipinski definition) is 4. The van der Waals surface area contributed by atoms with Gasteiger partial charge >= 0.3 is 0 Å². The lowest BCUT2D eigenvalue weighted by molar-refractivity contribution is 0.0994. The van der Waals surface area contributed by atoms with Crippen LogP contribution < -0.4 is 10.6 Å². The van der Waals surface area contributed by atoms with Crippen molar-refractivity contribution in [1.82, 2.24) is 4.98 Å². The molecule has 21 heavy (non-hydrogen) atoms. The van der Waals surface area contributed by atoms with Crippen molar-refractivity contribution in [3.63, 3.8) is 0 Å². The Balaban J connectivity index is 1.80. The van der Waals surface area contributed by atoms with Gasteiger partial charge in [0.1, 0.15) is 4.88 Å². The van der Waals surface area contributed by atoms with E-state index in [-0.39, 0.29) is 5.91 Å². The molecule has 1 aliphatic heterocycles. The van der Waals surface area contributed by atoms with Crippen molar-refractivity contribution < 1.29 is 4.79 Å². The molecule has 0 spiro atoms. The van der Waals surface area contributed by atoms with E-state index in [4.69, 9.17) is 5.73 Å². The first-order valence-electron chi connectivity index (χ1n) is 6.77. The zero-order valence-corrected chi connectivity index (χ0v) is 12.1. The summed E-state index contributed by atoms with van der Waals surface area (Å²) in [5.74, 6) is -0.0151. The fourth-order valence-corrected chi connectivity index (χ4v) is 3.84. The second kappa shape index (κ2) is 4.56. The van der Waals surface area contributed by atoms with Crippen molar-refractivity contribution in [2.24, 2.45) is 0 Å². The van der Waals surface area contributed by atoms with Crippen LogP contribution in [0, 0.1) is 0 Å². The van der Waals surface area contributed by atoms with Crippen LogP contribution in [0.2, 0.25) is 0 Å². The molecule has 0 unspecified atom stereocenters. The zero-order valence-electron chi connectivity index (χ0n) is 11.2. The molecule has 1 aliphatic rings. The van der Waals surface area contributed by atoms with E-state index in [1.807, 2.05) is 29.2 Å². The largest absolute Gasteiger partial charge is 0.397 e. The first-order chi connectivity index (χ1) is 10.3. The maximum Gasteiger partial charge on any atom is 0.270 e. The smallest absolute Gasteiger partial charge is 0.270 e. The van der Waals surface area contributed by atoms with Crippen LogP contribution in [0.15, 0.2) is 42.7 Å². The number of anilines is 2. The summed E-state index contributed by atoms with van der Waals surface area (Å²) in [6.07, 6.45) is 4.35. The van der Waals surface area contributed by atoms with Crippen LogP contribution in [0.25, 0.3) is 10.1 Å². The minimum Gasteiger partial charge on any atom is -0.397 e. The number of thiophene rings is 1. The highest BCUT2D eigenvalue weighted by atomic mass is 32.1. The number of pyridine rings is 1. The van der Waals surface area contributed by atoms with Crippen LogP contribution >= 0.6 is 11.3 Å². The Morgan fingerprint density at radius 2 is 2.14 bits per heavy atom. The normalized spacial score (nSPS) is 13.6. The summed E-state index contributed by atoms with van der Waals surface area (Å²) in [6, 6.07) is 9.89. The van der Waals surface area contributed by atoms with E-state index < -0.39 is 0 Å². The summed E-state index contributed by atoms with van der Waals surface area (Å²) in [5.41, 5.74) is 8.94. The first-order valence-corrected chi connectivity index (χ1v) is 7.59. The fraction of sp³-hybridized carbons (Fsp3) is 0.125. The van der Waals surface area contributed by atoms with Gasteiger partial charge in [0.15, 0.2) is 0 Å². The van der Waals surface area contributed by atoms with Crippen LogP contribution in [0.1, 0.15) is 15.2 Å². The minimum atomic E-state index is -0.0151. The molecule has 0 saturated heterocycles. The molecular formula is C16H13N3OS. The van der Waals surface area contributed by atoms with Gasteiger partial charge in [0.25, 0.3) is 5.91 Å². The van der Waals surface area contributed by atoms with Crippen molar-refractivity contribution in [3.05, 3.63) is 53.2 Å². The molecule has 1 amide bonds. The number of amides is 1. The minimum absolute atomic E-state index is 0.0151. The van der Waals surface area contributed by atoms with Gasteiger partial charge in [-0.2, -0.15) is 0 Å². The number of carbonyl (C=O) groups excluding carboxylic acids is 1. The predicted molar refractivity (Wildman–Crippen MR) is 85.9 cm³/mol. The summed E-state index contributed by atoms with van der Waals surface area (Å²) >= 11 is 1.41. The van der Waals surface area contributed by atoms with Crippen LogP contribution in [0.3, 0.4) is 0 Å². The molecule has 3 aromatic rings. The number of hydrogen-bond donors (Lipinski definition) is 1. The van der Waals surface area contributed by atoms with E-state index in [2.05, 4.69) is 11.1 Å². The molecule has 2 aromatic heterocycles. The predicted octanol–water partition coefficient (Wildman–Crippen LogP) is 3.08. The van der Waals surface area contributed by atoms with E-state index in [1.165, 1.54) is 16.9 Å². The van der Waals surface area contributed by atoms with Gasteiger partial charge < -0.3 is 10.6 Å². The molecule has 4 nitrogen and oxygen atoms in total. The summed E-state index contributed by atoms with van der Waals surface area (Å²) < 4.78 is 0.950. The molecule has 5 heteroatoms. The molecule has 2 N–H and O–H groups in total. The number of aromatic nitrogens is 1. The highest BCUT2D eigenvalue weighted by Crippen LogP contribution is 2.36. The lowest BCUT2D eigenvalue weighted by atomic mass is 10.2. The molecule has 3 heterocycles. The summed E-state index contributed by atoms with van der Waals surface area (Å²) in [4.78, 5) is 19.4. The monoisotopic (exact) mass is 295 g/mol. The van der Waals surface area contributed by atoms with Crippen molar-refractivity contribution in [1.29, 1.82) is 0 Å². The Morgan fingerprint density at radius 1 is 1.29 bits per heavy atom. The highest BCUT2D eigenvalue weighted by molar-refractivity contribution is 7.21. The maximum absolute atomic E-state index is 12.8. The molecule has 0 bridgehead atoms. The first kappa shape index (κ1) is 12.3. The van der Waals surface area contributed by atoms with Gasteiger partial charge in [-0.05, 0) is 24.1 Å². The number of nitrogens with two attached hydrogens (primary N) is 1. The SMILES string of the molecule is Nc1c(C(=O)N2CCc3ccccc32)sc2cnccc12. The molecule has 0 fully saturated rings. The number of nitrogens with zero attached hydrogens (tertiary/aromatic N) is 2. The third kappa shape index (κ3) is 1.81. The average Bonchev–Trinajstić information content (AvgIpc) is 3.09. The molecule has 104 valence electrons. The van der Waals surface area contributed by atoms with E-state index in [9.17, 15) is 4.79 Å². The van der Waals surface area contributed by atoms with Crippen molar-refractivity contribution >= 4 is 38.7 Å². The molecule has 0 atom stereocenters. The Hall–Kier alpha value is -2.40. The number of rotatable bonds is 1. The van der Waals surface area contributed by atoms with E-state index >= 15 is 0 Å². The lowest BCUT2D eigenvalue weighted by Gasteiger charge is -2.16. The topological polar surface area (TPSA) is 59.2 Å². The third-order valence-corrected chi connectivity index (χ3v) is 5.00.